The van der Waals surface area contributed by atoms with Gasteiger partial charge in [0, 0.05) is 42.1 Å². The van der Waals surface area contributed by atoms with Crippen molar-refractivity contribution < 1.29 is 5.11 Å². The van der Waals surface area contributed by atoms with Gasteiger partial charge in [0.25, 0.3) is 0 Å². The molecule has 34 heavy (non-hydrogen) atoms. The SMILES string of the molecule is C=C/C(C)=C(C)/N=C(/C=C(\C)NC1CCN(C2CCCC(C)C2)CC1)c1ccccc1O.CC. The molecule has 0 amide bonds. The molecular weight excluding hydrogens is 418 g/mol. The number of aliphatic imine (C=N–C) groups is 1. The quantitative estimate of drug-likeness (QED) is 0.330. The number of hydrogen-bond acceptors (Lipinski definition) is 4. The Balaban J connectivity index is 0.00000199. The smallest absolute Gasteiger partial charge is 0.124 e. The number of allylic oxidation sites excluding steroid dienone is 5. The maximum absolute atomic E-state index is 10.4. The highest BCUT2D eigenvalue weighted by molar-refractivity contribution is 6.11. The lowest BCUT2D eigenvalue weighted by Crippen LogP contribution is -2.47. The van der Waals surface area contributed by atoms with Crippen molar-refractivity contribution in [3.63, 3.8) is 0 Å². The lowest BCUT2D eigenvalue weighted by atomic mass is 9.85. The molecular formula is C30H47N3O. The Hall–Kier alpha value is -2.33. The summed E-state index contributed by atoms with van der Waals surface area (Å²) in [6, 6.07) is 8.67. The molecule has 0 radical (unpaired) electrons. The van der Waals surface area contributed by atoms with E-state index in [1.54, 1.807) is 6.07 Å². The summed E-state index contributed by atoms with van der Waals surface area (Å²) in [5, 5.41) is 14.1. The van der Waals surface area contributed by atoms with Crippen molar-refractivity contribution in [3.8, 4) is 5.75 Å². The number of para-hydroxylation sites is 1. The zero-order chi connectivity index (χ0) is 25.1. The van der Waals surface area contributed by atoms with Gasteiger partial charge in [-0.1, -0.05) is 58.4 Å². The Kier molecular flexibility index (Phi) is 11.6. The summed E-state index contributed by atoms with van der Waals surface area (Å²) >= 11 is 0. The van der Waals surface area contributed by atoms with E-state index in [2.05, 4.69) is 36.7 Å². The minimum atomic E-state index is 0.245. The lowest BCUT2D eigenvalue weighted by Gasteiger charge is -2.41. The van der Waals surface area contributed by atoms with Gasteiger partial charge in [-0.2, -0.15) is 0 Å². The Labute approximate surface area is 208 Å². The summed E-state index contributed by atoms with van der Waals surface area (Å²) in [5.74, 6) is 1.12. The molecule has 1 aromatic carbocycles. The second-order valence-corrected chi connectivity index (χ2v) is 9.69. The molecule has 2 fully saturated rings. The van der Waals surface area contributed by atoms with Crippen LogP contribution in [0.15, 0.2) is 65.0 Å². The van der Waals surface area contributed by atoms with Crippen molar-refractivity contribution in [1.29, 1.82) is 0 Å². The van der Waals surface area contributed by atoms with Gasteiger partial charge in [-0.3, -0.25) is 4.99 Å². The van der Waals surface area contributed by atoms with Gasteiger partial charge in [-0.15, -0.1) is 0 Å². The first-order chi connectivity index (χ1) is 16.4. The van der Waals surface area contributed by atoms with Gasteiger partial charge in [-0.05, 0) is 76.2 Å². The molecule has 0 bridgehead atoms. The van der Waals surface area contributed by atoms with Crippen LogP contribution in [0, 0.1) is 5.92 Å². The molecule has 1 saturated carbocycles. The Bertz CT molecular complexity index is 875. The fourth-order valence-electron chi connectivity index (χ4n) is 4.99. The van der Waals surface area contributed by atoms with Crippen LogP contribution in [0.3, 0.4) is 0 Å². The highest BCUT2D eigenvalue weighted by Crippen LogP contribution is 2.29. The average molecular weight is 466 g/mol. The second kappa shape index (κ2) is 14.2. The molecule has 1 aliphatic carbocycles. The maximum Gasteiger partial charge on any atom is 0.124 e. The molecule has 2 atom stereocenters. The van der Waals surface area contributed by atoms with Crippen molar-refractivity contribution in [2.75, 3.05) is 13.1 Å². The van der Waals surface area contributed by atoms with Crippen LogP contribution < -0.4 is 5.32 Å². The first kappa shape index (κ1) is 27.9. The average Bonchev–Trinajstić information content (AvgIpc) is 2.85. The number of hydrogen-bond donors (Lipinski definition) is 2. The predicted octanol–water partition coefficient (Wildman–Crippen LogP) is 7.22. The van der Waals surface area contributed by atoms with Crippen LogP contribution in [0.25, 0.3) is 0 Å². The standard InChI is InChI=1S/C28H41N3O.C2H6/c1-6-21(3)23(5)30-27(26-12-7-8-13-28(26)32)19-22(4)29-24-14-16-31(17-15-24)25-11-9-10-20(2)18-25;1-2/h6-8,12-13,19-20,24-25,29,32H,1,9-11,14-18H2,2-5H3;1-2H3/b22-19+,23-21+,30-27-;. The maximum atomic E-state index is 10.4. The van der Waals surface area contributed by atoms with E-state index in [0.29, 0.717) is 6.04 Å². The number of likely N-dealkylation sites (tertiary alicyclic amines) is 1. The molecule has 4 heteroatoms. The molecule has 4 nitrogen and oxygen atoms in total. The largest absolute Gasteiger partial charge is 0.507 e. The van der Waals surface area contributed by atoms with Gasteiger partial charge in [0.15, 0.2) is 0 Å². The van der Waals surface area contributed by atoms with Gasteiger partial charge in [-0.25, -0.2) is 0 Å². The topological polar surface area (TPSA) is 47.9 Å². The van der Waals surface area contributed by atoms with Crippen LogP contribution in [-0.2, 0) is 0 Å². The first-order valence-corrected chi connectivity index (χ1v) is 13.2. The predicted molar refractivity (Wildman–Crippen MR) is 147 cm³/mol. The van der Waals surface area contributed by atoms with Crippen LogP contribution in [0.4, 0.5) is 0 Å². The van der Waals surface area contributed by atoms with Crippen LogP contribution in [0.5, 0.6) is 5.75 Å². The third kappa shape index (κ3) is 8.16. The van der Waals surface area contributed by atoms with Crippen LogP contribution in [0.2, 0.25) is 0 Å². The number of rotatable bonds is 7. The summed E-state index contributed by atoms with van der Waals surface area (Å²) in [5.41, 5.74) is 4.52. The normalized spacial score (nSPS) is 23.5. The molecule has 0 spiro atoms. The number of piperidine rings is 1. The van der Waals surface area contributed by atoms with Crippen molar-refractivity contribution in [2.24, 2.45) is 10.9 Å². The number of phenolic OH excluding ortho intramolecular Hbond substituents is 1. The summed E-state index contributed by atoms with van der Waals surface area (Å²) in [7, 11) is 0. The molecule has 2 N–H and O–H groups in total. The van der Waals surface area contributed by atoms with Crippen molar-refractivity contribution in [2.45, 2.75) is 92.2 Å². The minimum Gasteiger partial charge on any atom is -0.507 e. The van der Waals surface area contributed by atoms with Crippen molar-refractivity contribution in [3.05, 3.63) is 65.5 Å². The zero-order valence-corrected chi connectivity index (χ0v) is 22.4. The number of phenols is 1. The molecule has 1 saturated heterocycles. The minimum absolute atomic E-state index is 0.245. The number of aromatic hydroxyl groups is 1. The molecule has 1 heterocycles. The zero-order valence-electron chi connectivity index (χ0n) is 22.4. The fourth-order valence-corrected chi connectivity index (χ4v) is 4.99. The number of nitrogens with zero attached hydrogens (tertiary/aromatic N) is 2. The van der Waals surface area contributed by atoms with Gasteiger partial charge in [0.1, 0.15) is 5.75 Å². The van der Waals surface area contributed by atoms with Gasteiger partial charge in [0.2, 0.25) is 0 Å². The van der Waals surface area contributed by atoms with E-state index in [9.17, 15) is 5.11 Å². The van der Waals surface area contributed by atoms with E-state index in [0.717, 1.165) is 40.2 Å². The fraction of sp³-hybridized carbons (Fsp3) is 0.567. The van der Waals surface area contributed by atoms with E-state index < -0.39 is 0 Å². The first-order valence-electron chi connectivity index (χ1n) is 13.2. The lowest BCUT2D eigenvalue weighted by molar-refractivity contribution is 0.102. The van der Waals surface area contributed by atoms with Gasteiger partial charge < -0.3 is 15.3 Å². The van der Waals surface area contributed by atoms with Crippen LogP contribution in [-0.4, -0.2) is 40.9 Å². The molecule has 1 aliphatic heterocycles. The molecule has 2 aliphatic rings. The summed E-state index contributed by atoms with van der Waals surface area (Å²) in [6.07, 6.45) is 11.8. The molecule has 188 valence electrons. The molecule has 2 unspecified atom stereocenters. The van der Waals surface area contributed by atoms with E-state index >= 15 is 0 Å². The highest BCUT2D eigenvalue weighted by atomic mass is 16.3. The number of nitrogens with one attached hydrogen (secondary N) is 1. The van der Waals surface area contributed by atoms with E-state index in [1.165, 1.54) is 51.6 Å². The summed E-state index contributed by atoms with van der Waals surface area (Å²) in [4.78, 5) is 7.56. The van der Waals surface area contributed by atoms with E-state index in [-0.39, 0.29) is 5.75 Å². The number of benzene rings is 1. The monoisotopic (exact) mass is 465 g/mol. The Morgan fingerprint density at radius 2 is 1.76 bits per heavy atom. The third-order valence-electron chi connectivity index (χ3n) is 7.08. The summed E-state index contributed by atoms with van der Waals surface area (Å²) in [6.45, 7) is 18.7. The van der Waals surface area contributed by atoms with Gasteiger partial charge >= 0.3 is 0 Å². The van der Waals surface area contributed by atoms with Crippen molar-refractivity contribution in [1.82, 2.24) is 10.2 Å². The Morgan fingerprint density at radius 3 is 2.38 bits per heavy atom. The van der Waals surface area contributed by atoms with Gasteiger partial charge in [0.05, 0.1) is 5.71 Å². The van der Waals surface area contributed by atoms with Crippen molar-refractivity contribution >= 4 is 5.71 Å². The summed E-state index contributed by atoms with van der Waals surface area (Å²) < 4.78 is 0. The van der Waals surface area contributed by atoms with E-state index in [1.807, 2.05) is 52.0 Å². The third-order valence-corrected chi connectivity index (χ3v) is 7.08. The molecule has 0 aromatic heterocycles. The molecule has 3 rings (SSSR count). The molecule has 1 aromatic rings. The van der Waals surface area contributed by atoms with E-state index in [4.69, 9.17) is 4.99 Å². The highest BCUT2D eigenvalue weighted by Gasteiger charge is 2.28. The van der Waals surface area contributed by atoms with Crippen LogP contribution in [0.1, 0.15) is 85.6 Å². The second-order valence-electron chi connectivity index (χ2n) is 9.69. The Morgan fingerprint density at radius 1 is 1.09 bits per heavy atom. The van der Waals surface area contributed by atoms with Crippen LogP contribution >= 0.6 is 0 Å².